The van der Waals surface area contributed by atoms with Gasteiger partial charge in [0.2, 0.25) is 6.79 Å². The van der Waals surface area contributed by atoms with Crippen LogP contribution in [0.4, 0.5) is 17.1 Å². The van der Waals surface area contributed by atoms with Crippen LogP contribution in [0.15, 0.2) is 119 Å². The molecule has 9 heteroatoms. The monoisotopic (exact) mass is 535 g/mol. The number of carbonyl (C=O) groups excluding carboxylic acids is 3. The van der Waals surface area contributed by atoms with E-state index in [0.29, 0.717) is 39.0 Å². The van der Waals surface area contributed by atoms with Gasteiger partial charge in [-0.15, -0.1) is 0 Å². The number of carbonyl (C=O) groups is 3. The van der Waals surface area contributed by atoms with Gasteiger partial charge in [0, 0.05) is 21.8 Å². The number of nitrogens with zero attached hydrogens (tertiary/aromatic N) is 1. The quantitative estimate of drug-likeness (QED) is 0.295. The largest absolute Gasteiger partial charge is 0.454 e. The molecule has 2 aliphatic rings. The molecule has 0 atom stereocenters. The number of anilines is 3. The highest BCUT2D eigenvalue weighted by Crippen LogP contribution is 2.38. The zero-order valence-corrected chi connectivity index (χ0v) is 21.2. The molecule has 8 nitrogen and oxygen atoms in total. The Morgan fingerprint density at radius 3 is 2.26 bits per heavy atom. The van der Waals surface area contributed by atoms with Gasteiger partial charge >= 0.3 is 0 Å². The average molecular weight is 536 g/mol. The number of rotatable bonds is 7. The number of thioether (sulfide) groups is 1. The van der Waals surface area contributed by atoms with E-state index in [-0.39, 0.29) is 23.3 Å². The van der Waals surface area contributed by atoms with E-state index in [4.69, 9.17) is 9.47 Å². The van der Waals surface area contributed by atoms with E-state index in [9.17, 15) is 14.4 Å². The Morgan fingerprint density at radius 1 is 0.744 bits per heavy atom. The molecule has 0 fully saturated rings. The van der Waals surface area contributed by atoms with Gasteiger partial charge in [0.1, 0.15) is 10.6 Å². The third kappa shape index (κ3) is 4.95. The van der Waals surface area contributed by atoms with Crippen molar-refractivity contribution in [2.45, 2.75) is 4.90 Å². The third-order valence-electron chi connectivity index (χ3n) is 6.05. The molecule has 6 rings (SSSR count). The minimum atomic E-state index is -0.440. The molecule has 0 bridgehead atoms. The lowest BCUT2D eigenvalue weighted by atomic mass is 10.2. The van der Waals surface area contributed by atoms with Gasteiger partial charge in [0.05, 0.1) is 5.69 Å². The van der Waals surface area contributed by atoms with Crippen molar-refractivity contribution in [3.05, 3.63) is 119 Å². The molecule has 39 heavy (non-hydrogen) atoms. The number of para-hydroxylation sites is 2. The van der Waals surface area contributed by atoms with Crippen molar-refractivity contribution in [3.8, 4) is 11.5 Å². The van der Waals surface area contributed by atoms with Gasteiger partial charge in [-0.25, -0.2) is 4.90 Å². The zero-order valence-electron chi connectivity index (χ0n) is 20.4. The fourth-order valence-corrected chi connectivity index (χ4v) is 5.18. The van der Waals surface area contributed by atoms with Crippen LogP contribution < -0.4 is 25.0 Å². The molecule has 3 amide bonds. The number of hydrogen-bond acceptors (Lipinski definition) is 7. The summed E-state index contributed by atoms with van der Waals surface area (Å²) in [5.41, 5.74) is 2.32. The van der Waals surface area contributed by atoms with E-state index in [1.54, 1.807) is 60.7 Å². The molecular formula is C30H21N3O5S. The number of nitrogens with one attached hydrogen (secondary N) is 2. The number of hydrogen-bond donors (Lipinski definition) is 2. The number of amides is 3. The molecule has 0 saturated heterocycles. The maximum absolute atomic E-state index is 13.6. The van der Waals surface area contributed by atoms with Crippen LogP contribution in [0.2, 0.25) is 0 Å². The molecule has 0 aliphatic carbocycles. The SMILES string of the molecule is O=C(Nc1cccc(SC2=C(Nc3ccccc3)C(=O)N(c3ccccc3)C2=O)c1)c1ccc2c(c1)OCO2. The van der Waals surface area contributed by atoms with Crippen molar-refractivity contribution in [1.82, 2.24) is 0 Å². The van der Waals surface area contributed by atoms with Crippen molar-refractivity contribution in [2.75, 3.05) is 22.3 Å². The van der Waals surface area contributed by atoms with Gasteiger partial charge in [-0.1, -0.05) is 54.2 Å². The predicted octanol–water partition coefficient (Wildman–Crippen LogP) is 5.66. The van der Waals surface area contributed by atoms with Crippen LogP contribution in [0.3, 0.4) is 0 Å². The van der Waals surface area contributed by atoms with Crippen LogP contribution in [0, 0.1) is 0 Å². The first-order valence-corrected chi connectivity index (χ1v) is 12.9. The van der Waals surface area contributed by atoms with Crippen molar-refractivity contribution in [2.24, 2.45) is 0 Å². The second-order valence-corrected chi connectivity index (χ2v) is 9.71. The third-order valence-corrected chi connectivity index (χ3v) is 7.12. The van der Waals surface area contributed by atoms with Gasteiger partial charge < -0.3 is 20.1 Å². The number of imide groups is 1. The zero-order chi connectivity index (χ0) is 26.8. The van der Waals surface area contributed by atoms with Gasteiger partial charge in [-0.2, -0.15) is 0 Å². The summed E-state index contributed by atoms with van der Waals surface area (Å²) in [6, 6.07) is 30.1. The highest BCUT2D eigenvalue weighted by atomic mass is 32.2. The standard InChI is InChI=1S/C30H21N3O5S/c34-28(19-14-15-24-25(16-19)38-18-37-24)32-21-10-7-13-23(17-21)39-27-26(31-20-8-3-1-4-9-20)29(35)33(30(27)36)22-11-5-2-6-12-22/h1-17,31H,18H2,(H,32,34). The van der Waals surface area contributed by atoms with Crippen LogP contribution in [-0.4, -0.2) is 24.5 Å². The number of ether oxygens (including phenoxy) is 2. The van der Waals surface area contributed by atoms with Crippen LogP contribution in [0.5, 0.6) is 11.5 Å². The first kappa shape index (κ1) is 24.3. The molecule has 2 heterocycles. The maximum atomic E-state index is 13.6. The fourth-order valence-electron chi connectivity index (χ4n) is 4.19. The van der Waals surface area contributed by atoms with E-state index in [0.717, 1.165) is 11.8 Å². The molecule has 192 valence electrons. The number of fused-ring (bicyclic) bond motifs is 1. The molecule has 4 aromatic carbocycles. The van der Waals surface area contributed by atoms with Gasteiger partial charge in [-0.05, 0) is 60.7 Å². The minimum Gasteiger partial charge on any atom is -0.454 e. The average Bonchev–Trinajstić information content (AvgIpc) is 3.52. The Labute approximate surface area is 228 Å². The van der Waals surface area contributed by atoms with Gasteiger partial charge in [0.15, 0.2) is 11.5 Å². The second-order valence-electron chi connectivity index (χ2n) is 8.63. The topological polar surface area (TPSA) is 97.0 Å². The molecule has 0 radical (unpaired) electrons. The van der Waals surface area contributed by atoms with E-state index >= 15 is 0 Å². The molecule has 0 aromatic heterocycles. The van der Waals surface area contributed by atoms with Gasteiger partial charge in [0.25, 0.3) is 17.7 Å². The lowest BCUT2D eigenvalue weighted by Gasteiger charge is -2.15. The summed E-state index contributed by atoms with van der Waals surface area (Å²) in [6.45, 7) is 0.125. The molecule has 2 aliphatic heterocycles. The molecule has 2 N–H and O–H groups in total. The Bertz CT molecular complexity index is 1620. The molecule has 0 saturated carbocycles. The summed E-state index contributed by atoms with van der Waals surface area (Å²) in [5.74, 6) is -0.0686. The lowest BCUT2D eigenvalue weighted by Crippen LogP contribution is -2.32. The van der Waals surface area contributed by atoms with Crippen molar-refractivity contribution >= 4 is 46.5 Å². The Morgan fingerprint density at radius 2 is 1.46 bits per heavy atom. The Kier molecular flexibility index (Phi) is 6.48. The van der Waals surface area contributed by atoms with E-state index in [1.807, 2.05) is 42.5 Å². The smallest absolute Gasteiger partial charge is 0.283 e. The summed E-state index contributed by atoms with van der Waals surface area (Å²) < 4.78 is 10.7. The highest BCUT2D eigenvalue weighted by molar-refractivity contribution is 8.04. The summed E-state index contributed by atoms with van der Waals surface area (Å²) in [6.07, 6.45) is 0. The molecule has 4 aromatic rings. The lowest BCUT2D eigenvalue weighted by molar-refractivity contribution is -0.120. The first-order valence-electron chi connectivity index (χ1n) is 12.1. The minimum absolute atomic E-state index is 0.125. The summed E-state index contributed by atoms with van der Waals surface area (Å²) in [7, 11) is 0. The summed E-state index contributed by atoms with van der Waals surface area (Å²) in [5, 5.41) is 6.01. The Hall–Kier alpha value is -5.02. The molecular weight excluding hydrogens is 514 g/mol. The van der Waals surface area contributed by atoms with Gasteiger partial charge in [-0.3, -0.25) is 14.4 Å². The van der Waals surface area contributed by atoms with Crippen molar-refractivity contribution < 1.29 is 23.9 Å². The summed E-state index contributed by atoms with van der Waals surface area (Å²) >= 11 is 1.16. The second kappa shape index (κ2) is 10.4. The highest BCUT2D eigenvalue weighted by Gasteiger charge is 2.40. The Balaban J connectivity index is 1.27. The van der Waals surface area contributed by atoms with Crippen LogP contribution in [0.1, 0.15) is 10.4 Å². The van der Waals surface area contributed by atoms with Crippen LogP contribution in [-0.2, 0) is 9.59 Å². The fraction of sp³-hybridized carbons (Fsp3) is 0.0333. The van der Waals surface area contributed by atoms with E-state index < -0.39 is 11.8 Å². The maximum Gasteiger partial charge on any atom is 0.283 e. The number of benzene rings is 4. The summed E-state index contributed by atoms with van der Waals surface area (Å²) in [4.78, 5) is 42.0. The van der Waals surface area contributed by atoms with Crippen molar-refractivity contribution in [1.29, 1.82) is 0 Å². The molecule has 0 spiro atoms. The van der Waals surface area contributed by atoms with E-state index in [2.05, 4.69) is 10.6 Å². The normalized spacial score (nSPS) is 14.1. The van der Waals surface area contributed by atoms with Crippen LogP contribution in [0.25, 0.3) is 0 Å². The van der Waals surface area contributed by atoms with E-state index in [1.165, 1.54) is 4.90 Å². The predicted molar refractivity (Wildman–Crippen MR) is 149 cm³/mol. The van der Waals surface area contributed by atoms with Crippen LogP contribution >= 0.6 is 11.8 Å². The van der Waals surface area contributed by atoms with Crippen molar-refractivity contribution in [3.63, 3.8) is 0 Å². The first-order chi connectivity index (χ1) is 19.1. The molecule has 0 unspecified atom stereocenters.